The summed E-state index contributed by atoms with van der Waals surface area (Å²) in [5, 5.41) is 0.378. The molecule has 2 rings (SSSR count). The fraction of sp³-hybridized carbons (Fsp3) is 0.133. The number of carbonyl (C=O) groups is 1. The molecular weight excluding hydrogens is 262 g/mol. The van der Waals surface area contributed by atoms with Crippen molar-refractivity contribution in [3.05, 3.63) is 64.2 Å². The van der Waals surface area contributed by atoms with Crippen LogP contribution in [0.2, 0.25) is 5.02 Å². The third kappa shape index (κ3) is 3.48. The van der Waals surface area contributed by atoms with Gasteiger partial charge in [0, 0.05) is 5.56 Å². The van der Waals surface area contributed by atoms with Crippen molar-refractivity contribution in [2.24, 2.45) is 5.73 Å². The molecule has 2 aromatic carbocycles. The molecule has 0 aromatic heterocycles. The van der Waals surface area contributed by atoms with Crippen LogP contribution in [0.25, 0.3) is 0 Å². The molecule has 0 saturated carbocycles. The monoisotopic (exact) mass is 275 g/mol. The fourth-order valence-electron chi connectivity index (χ4n) is 1.62. The molecule has 98 valence electrons. The molecule has 1 amide bonds. The number of rotatable bonds is 4. The number of hydrogen-bond acceptors (Lipinski definition) is 2. The SMILES string of the molecule is Cc1ccc(COc2ccc(C(N)=O)cc2Cl)cc1. The summed E-state index contributed by atoms with van der Waals surface area (Å²) in [6, 6.07) is 12.8. The maximum atomic E-state index is 11.0. The van der Waals surface area contributed by atoms with Gasteiger partial charge in [-0.3, -0.25) is 4.79 Å². The van der Waals surface area contributed by atoms with E-state index in [0.29, 0.717) is 22.9 Å². The van der Waals surface area contributed by atoms with Crippen LogP contribution in [0.5, 0.6) is 5.75 Å². The zero-order valence-electron chi connectivity index (χ0n) is 10.5. The number of ether oxygens (including phenoxy) is 1. The van der Waals surface area contributed by atoms with Crippen molar-refractivity contribution in [3.8, 4) is 5.75 Å². The van der Waals surface area contributed by atoms with Crippen LogP contribution in [0.3, 0.4) is 0 Å². The highest BCUT2D eigenvalue weighted by molar-refractivity contribution is 6.32. The molecule has 0 spiro atoms. The first-order valence-electron chi connectivity index (χ1n) is 5.84. The first-order chi connectivity index (χ1) is 9.06. The van der Waals surface area contributed by atoms with Crippen molar-refractivity contribution >= 4 is 17.5 Å². The molecule has 0 saturated heterocycles. The van der Waals surface area contributed by atoms with E-state index in [1.54, 1.807) is 12.1 Å². The summed E-state index contributed by atoms with van der Waals surface area (Å²) in [5.74, 6) is 0.0271. The molecule has 0 heterocycles. The van der Waals surface area contributed by atoms with Gasteiger partial charge in [0.05, 0.1) is 5.02 Å². The summed E-state index contributed by atoms with van der Waals surface area (Å²) in [6.07, 6.45) is 0. The lowest BCUT2D eigenvalue weighted by Crippen LogP contribution is -2.10. The lowest BCUT2D eigenvalue weighted by atomic mass is 10.2. The minimum Gasteiger partial charge on any atom is -0.487 e. The van der Waals surface area contributed by atoms with Gasteiger partial charge in [-0.15, -0.1) is 0 Å². The van der Waals surface area contributed by atoms with E-state index in [-0.39, 0.29) is 0 Å². The second-order valence-corrected chi connectivity index (χ2v) is 4.69. The number of halogens is 1. The average molecular weight is 276 g/mol. The number of aryl methyl sites for hydroxylation is 1. The zero-order chi connectivity index (χ0) is 13.8. The van der Waals surface area contributed by atoms with Gasteiger partial charge in [0.1, 0.15) is 12.4 Å². The maximum absolute atomic E-state index is 11.0. The third-order valence-electron chi connectivity index (χ3n) is 2.73. The summed E-state index contributed by atoms with van der Waals surface area (Å²) in [4.78, 5) is 11.0. The van der Waals surface area contributed by atoms with Crippen LogP contribution in [0.1, 0.15) is 21.5 Å². The molecule has 0 atom stereocenters. The standard InChI is InChI=1S/C15H14ClNO2/c1-10-2-4-11(5-3-10)9-19-14-7-6-12(15(17)18)8-13(14)16/h2-8H,9H2,1H3,(H2,17,18). The van der Waals surface area contributed by atoms with Crippen molar-refractivity contribution < 1.29 is 9.53 Å². The summed E-state index contributed by atoms with van der Waals surface area (Å²) in [5.41, 5.74) is 7.80. The van der Waals surface area contributed by atoms with E-state index >= 15 is 0 Å². The van der Waals surface area contributed by atoms with Crippen LogP contribution in [0.15, 0.2) is 42.5 Å². The Labute approximate surface area is 117 Å². The number of benzene rings is 2. The summed E-state index contributed by atoms with van der Waals surface area (Å²) >= 11 is 6.03. The minimum atomic E-state index is -0.507. The molecule has 0 radical (unpaired) electrons. The van der Waals surface area contributed by atoms with Gasteiger partial charge in [-0.2, -0.15) is 0 Å². The highest BCUT2D eigenvalue weighted by atomic mass is 35.5. The predicted octanol–water partition coefficient (Wildman–Crippen LogP) is 3.33. The van der Waals surface area contributed by atoms with Crippen LogP contribution < -0.4 is 10.5 Å². The molecule has 2 aromatic rings. The van der Waals surface area contributed by atoms with E-state index in [2.05, 4.69) is 0 Å². The summed E-state index contributed by atoms with van der Waals surface area (Å²) < 4.78 is 5.61. The van der Waals surface area contributed by atoms with Crippen molar-refractivity contribution in [3.63, 3.8) is 0 Å². The lowest BCUT2D eigenvalue weighted by Gasteiger charge is -2.09. The molecule has 0 unspecified atom stereocenters. The molecule has 4 heteroatoms. The van der Waals surface area contributed by atoms with Crippen molar-refractivity contribution in [2.75, 3.05) is 0 Å². The van der Waals surface area contributed by atoms with Crippen molar-refractivity contribution in [2.45, 2.75) is 13.5 Å². The zero-order valence-corrected chi connectivity index (χ0v) is 11.3. The molecule has 3 nitrogen and oxygen atoms in total. The highest BCUT2D eigenvalue weighted by Crippen LogP contribution is 2.26. The molecule has 19 heavy (non-hydrogen) atoms. The molecule has 0 aliphatic rings. The van der Waals surface area contributed by atoms with Gasteiger partial charge in [-0.05, 0) is 30.7 Å². The Balaban J connectivity index is 2.07. The highest BCUT2D eigenvalue weighted by Gasteiger charge is 2.06. The van der Waals surface area contributed by atoms with E-state index < -0.39 is 5.91 Å². The second kappa shape index (κ2) is 5.76. The van der Waals surface area contributed by atoms with Crippen LogP contribution in [0.4, 0.5) is 0 Å². The topological polar surface area (TPSA) is 52.3 Å². The molecule has 0 aliphatic carbocycles. The van der Waals surface area contributed by atoms with E-state index in [0.717, 1.165) is 5.56 Å². The Kier molecular flexibility index (Phi) is 4.07. The van der Waals surface area contributed by atoms with Gasteiger partial charge < -0.3 is 10.5 Å². The number of primary amides is 1. The molecule has 0 aliphatic heterocycles. The number of hydrogen-bond donors (Lipinski definition) is 1. The average Bonchev–Trinajstić information content (AvgIpc) is 2.39. The molecular formula is C15H14ClNO2. The first kappa shape index (κ1) is 13.4. The van der Waals surface area contributed by atoms with Crippen LogP contribution >= 0.6 is 11.6 Å². The fourth-order valence-corrected chi connectivity index (χ4v) is 1.85. The summed E-state index contributed by atoms with van der Waals surface area (Å²) in [6.45, 7) is 2.46. The second-order valence-electron chi connectivity index (χ2n) is 4.28. The van der Waals surface area contributed by atoms with Crippen LogP contribution in [-0.2, 0) is 6.61 Å². The predicted molar refractivity (Wildman–Crippen MR) is 75.5 cm³/mol. The maximum Gasteiger partial charge on any atom is 0.248 e. The Morgan fingerprint density at radius 2 is 1.89 bits per heavy atom. The minimum absolute atomic E-state index is 0.368. The lowest BCUT2D eigenvalue weighted by molar-refractivity contribution is 0.100. The Bertz CT molecular complexity index is 594. The van der Waals surface area contributed by atoms with Crippen LogP contribution in [0, 0.1) is 6.92 Å². The van der Waals surface area contributed by atoms with E-state index in [4.69, 9.17) is 22.1 Å². The number of amides is 1. The smallest absolute Gasteiger partial charge is 0.248 e. The van der Waals surface area contributed by atoms with Gasteiger partial charge in [-0.1, -0.05) is 41.4 Å². The Morgan fingerprint density at radius 3 is 2.47 bits per heavy atom. The Hall–Kier alpha value is -2.00. The van der Waals surface area contributed by atoms with Gasteiger partial charge >= 0.3 is 0 Å². The molecule has 0 bridgehead atoms. The van der Waals surface area contributed by atoms with Crippen LogP contribution in [-0.4, -0.2) is 5.91 Å². The number of carbonyl (C=O) groups excluding carboxylic acids is 1. The number of nitrogens with two attached hydrogens (primary N) is 1. The normalized spacial score (nSPS) is 10.2. The summed E-state index contributed by atoms with van der Waals surface area (Å²) in [7, 11) is 0. The van der Waals surface area contributed by atoms with Crippen molar-refractivity contribution in [1.29, 1.82) is 0 Å². The van der Waals surface area contributed by atoms with Gasteiger partial charge in [0.25, 0.3) is 0 Å². The van der Waals surface area contributed by atoms with Gasteiger partial charge in [0.2, 0.25) is 5.91 Å². The van der Waals surface area contributed by atoms with E-state index in [1.165, 1.54) is 11.6 Å². The van der Waals surface area contributed by atoms with Gasteiger partial charge in [-0.25, -0.2) is 0 Å². The quantitative estimate of drug-likeness (QED) is 0.930. The largest absolute Gasteiger partial charge is 0.487 e. The van der Waals surface area contributed by atoms with Gasteiger partial charge in [0.15, 0.2) is 0 Å². The molecule has 2 N–H and O–H groups in total. The molecule has 0 fully saturated rings. The Morgan fingerprint density at radius 1 is 1.21 bits per heavy atom. The van der Waals surface area contributed by atoms with E-state index in [9.17, 15) is 4.79 Å². The third-order valence-corrected chi connectivity index (χ3v) is 3.03. The van der Waals surface area contributed by atoms with Crippen molar-refractivity contribution in [1.82, 2.24) is 0 Å². The first-order valence-corrected chi connectivity index (χ1v) is 6.22. The van der Waals surface area contributed by atoms with E-state index in [1.807, 2.05) is 31.2 Å².